The van der Waals surface area contributed by atoms with E-state index in [2.05, 4.69) is 25.7 Å². The van der Waals surface area contributed by atoms with Crippen molar-refractivity contribution in [3.63, 3.8) is 0 Å². The van der Waals surface area contributed by atoms with Crippen molar-refractivity contribution < 1.29 is 4.79 Å². The van der Waals surface area contributed by atoms with E-state index < -0.39 is 0 Å². The average Bonchev–Trinajstić information content (AvgIpc) is 2.44. The van der Waals surface area contributed by atoms with Gasteiger partial charge in [-0.15, -0.1) is 0 Å². The summed E-state index contributed by atoms with van der Waals surface area (Å²) in [7, 11) is 0. The Morgan fingerprint density at radius 2 is 2.00 bits per heavy atom. The van der Waals surface area contributed by atoms with Gasteiger partial charge in [0.15, 0.2) is 0 Å². The Hall–Kier alpha value is -0.370. The van der Waals surface area contributed by atoms with E-state index in [-0.39, 0.29) is 5.41 Å². The Morgan fingerprint density at radius 3 is 2.65 bits per heavy atom. The minimum absolute atomic E-state index is 0.0518. The second kappa shape index (κ2) is 5.09. The second-order valence-electron chi connectivity index (χ2n) is 6.82. The van der Waals surface area contributed by atoms with Crippen LogP contribution in [0.5, 0.6) is 0 Å². The lowest BCUT2D eigenvalue weighted by Gasteiger charge is -2.24. The topological polar surface area (TPSA) is 20.3 Å². The number of carbonyl (C=O) groups excluding carboxylic acids is 1. The molecule has 2 rings (SSSR count). The molecule has 2 nitrogen and oxygen atoms in total. The minimum Gasteiger partial charge on any atom is -0.303 e. The van der Waals surface area contributed by atoms with Crippen molar-refractivity contribution in [1.29, 1.82) is 0 Å². The molecule has 2 aliphatic rings. The first-order valence-electron chi connectivity index (χ1n) is 7.26. The molecular weight excluding hydrogens is 210 g/mol. The lowest BCUT2D eigenvalue weighted by molar-refractivity contribution is -0.127. The predicted molar refractivity (Wildman–Crippen MR) is 71.0 cm³/mol. The fourth-order valence-electron chi connectivity index (χ4n) is 3.33. The minimum atomic E-state index is -0.0518. The molecule has 0 radical (unpaired) electrons. The maximum absolute atomic E-state index is 12.2. The van der Waals surface area contributed by atoms with Crippen LogP contribution in [-0.4, -0.2) is 30.3 Å². The van der Waals surface area contributed by atoms with E-state index in [1.807, 2.05) is 0 Å². The number of Topliss-reactive ketones (excluding diaryl/α,β-unsaturated/α-hetero) is 1. The van der Waals surface area contributed by atoms with E-state index in [0.29, 0.717) is 11.7 Å². The molecule has 2 atom stereocenters. The number of likely N-dealkylation sites (tertiary alicyclic amines) is 1. The van der Waals surface area contributed by atoms with Crippen molar-refractivity contribution in [3.8, 4) is 0 Å². The number of ketones is 1. The zero-order chi connectivity index (χ0) is 12.5. The van der Waals surface area contributed by atoms with Gasteiger partial charge in [-0.3, -0.25) is 4.79 Å². The van der Waals surface area contributed by atoms with Gasteiger partial charge in [0.25, 0.3) is 0 Å². The Labute approximate surface area is 106 Å². The van der Waals surface area contributed by atoms with Crippen molar-refractivity contribution in [3.05, 3.63) is 0 Å². The van der Waals surface area contributed by atoms with Crippen molar-refractivity contribution in [2.75, 3.05) is 19.6 Å². The summed E-state index contributed by atoms with van der Waals surface area (Å²) in [6.07, 6.45) is 6.18. The number of nitrogens with zero attached hydrogens (tertiary/aromatic N) is 1. The van der Waals surface area contributed by atoms with Crippen LogP contribution in [0.4, 0.5) is 0 Å². The number of carbonyl (C=O) groups is 1. The van der Waals surface area contributed by atoms with E-state index in [1.54, 1.807) is 0 Å². The third-order valence-corrected chi connectivity index (χ3v) is 4.74. The lowest BCUT2D eigenvalue weighted by atomic mass is 9.89. The lowest BCUT2D eigenvalue weighted by Crippen LogP contribution is -2.34. The summed E-state index contributed by atoms with van der Waals surface area (Å²) in [6, 6.07) is 0. The van der Waals surface area contributed by atoms with E-state index in [9.17, 15) is 4.79 Å². The molecular formula is C15H27NO. The van der Waals surface area contributed by atoms with E-state index in [4.69, 9.17) is 0 Å². The average molecular weight is 237 g/mol. The van der Waals surface area contributed by atoms with Crippen LogP contribution in [0.2, 0.25) is 0 Å². The quantitative estimate of drug-likeness (QED) is 0.735. The molecule has 0 spiro atoms. The van der Waals surface area contributed by atoms with Crippen LogP contribution >= 0.6 is 0 Å². The summed E-state index contributed by atoms with van der Waals surface area (Å²) >= 11 is 0. The Kier molecular flexibility index (Phi) is 3.92. The van der Waals surface area contributed by atoms with Crippen LogP contribution in [0.25, 0.3) is 0 Å². The van der Waals surface area contributed by atoms with Crippen LogP contribution in [0.3, 0.4) is 0 Å². The zero-order valence-electron chi connectivity index (χ0n) is 11.7. The molecule has 2 heteroatoms. The number of hydrogen-bond acceptors (Lipinski definition) is 2. The van der Waals surface area contributed by atoms with Crippen LogP contribution < -0.4 is 0 Å². The highest BCUT2D eigenvalue weighted by Gasteiger charge is 2.40. The fraction of sp³-hybridized carbons (Fsp3) is 0.933. The first kappa shape index (κ1) is 13.1. The van der Waals surface area contributed by atoms with Gasteiger partial charge >= 0.3 is 0 Å². The monoisotopic (exact) mass is 237 g/mol. The third kappa shape index (κ3) is 3.09. The summed E-state index contributed by atoms with van der Waals surface area (Å²) in [5, 5.41) is 0. The highest BCUT2D eigenvalue weighted by molar-refractivity contribution is 5.88. The second-order valence-corrected chi connectivity index (χ2v) is 6.82. The maximum atomic E-state index is 12.2. The Bertz CT molecular complexity index is 285. The van der Waals surface area contributed by atoms with Crippen LogP contribution in [0, 0.1) is 17.3 Å². The molecule has 0 bridgehead atoms. The van der Waals surface area contributed by atoms with Crippen LogP contribution in [0.1, 0.15) is 52.9 Å². The summed E-state index contributed by atoms with van der Waals surface area (Å²) in [5.74, 6) is 1.70. The summed E-state index contributed by atoms with van der Waals surface area (Å²) in [6.45, 7) is 10.0. The SMILES string of the molecule is CC1CCCN(CC2CCC(C)(C)C2=O)CC1. The van der Waals surface area contributed by atoms with Crippen molar-refractivity contribution in [1.82, 2.24) is 4.90 Å². The molecule has 0 aromatic carbocycles. The van der Waals surface area contributed by atoms with Gasteiger partial charge in [-0.2, -0.15) is 0 Å². The van der Waals surface area contributed by atoms with Gasteiger partial charge in [-0.05, 0) is 51.1 Å². The van der Waals surface area contributed by atoms with E-state index in [1.165, 1.54) is 32.4 Å². The normalized spacial score (nSPS) is 34.9. The van der Waals surface area contributed by atoms with Crippen molar-refractivity contribution in [2.24, 2.45) is 17.3 Å². The standard InChI is InChI=1S/C15H27NO/c1-12-5-4-9-16(10-7-12)11-13-6-8-15(2,3)14(13)17/h12-13H,4-11H2,1-3H3. The highest BCUT2D eigenvalue weighted by Crippen LogP contribution is 2.38. The molecule has 1 saturated heterocycles. The molecule has 0 N–H and O–H groups in total. The molecule has 0 aromatic heterocycles. The fourth-order valence-corrected chi connectivity index (χ4v) is 3.33. The molecule has 1 aliphatic heterocycles. The largest absolute Gasteiger partial charge is 0.303 e. The van der Waals surface area contributed by atoms with Gasteiger partial charge in [0.05, 0.1) is 0 Å². The smallest absolute Gasteiger partial charge is 0.142 e. The van der Waals surface area contributed by atoms with Crippen LogP contribution in [-0.2, 0) is 4.79 Å². The maximum Gasteiger partial charge on any atom is 0.142 e. The van der Waals surface area contributed by atoms with Gasteiger partial charge in [-0.25, -0.2) is 0 Å². The van der Waals surface area contributed by atoms with Gasteiger partial charge in [0, 0.05) is 17.9 Å². The summed E-state index contributed by atoms with van der Waals surface area (Å²) in [5.41, 5.74) is -0.0518. The van der Waals surface area contributed by atoms with Gasteiger partial charge in [0.1, 0.15) is 5.78 Å². The van der Waals surface area contributed by atoms with Crippen molar-refractivity contribution in [2.45, 2.75) is 52.9 Å². The van der Waals surface area contributed by atoms with E-state index in [0.717, 1.165) is 25.3 Å². The van der Waals surface area contributed by atoms with E-state index >= 15 is 0 Å². The van der Waals surface area contributed by atoms with Gasteiger partial charge < -0.3 is 4.90 Å². The molecule has 0 amide bonds. The molecule has 17 heavy (non-hydrogen) atoms. The first-order chi connectivity index (χ1) is 7.99. The molecule has 1 heterocycles. The Morgan fingerprint density at radius 1 is 1.24 bits per heavy atom. The predicted octanol–water partition coefficient (Wildman–Crippen LogP) is 3.11. The van der Waals surface area contributed by atoms with Gasteiger partial charge in [0.2, 0.25) is 0 Å². The van der Waals surface area contributed by atoms with Crippen LogP contribution in [0.15, 0.2) is 0 Å². The first-order valence-corrected chi connectivity index (χ1v) is 7.26. The zero-order valence-corrected chi connectivity index (χ0v) is 11.7. The van der Waals surface area contributed by atoms with Gasteiger partial charge in [-0.1, -0.05) is 20.8 Å². The summed E-state index contributed by atoms with van der Waals surface area (Å²) in [4.78, 5) is 14.8. The third-order valence-electron chi connectivity index (χ3n) is 4.74. The molecule has 2 fully saturated rings. The summed E-state index contributed by atoms with van der Waals surface area (Å²) < 4.78 is 0. The number of hydrogen-bond donors (Lipinski definition) is 0. The highest BCUT2D eigenvalue weighted by atomic mass is 16.1. The molecule has 1 aliphatic carbocycles. The molecule has 0 aromatic rings. The number of rotatable bonds is 2. The molecule has 1 saturated carbocycles. The Balaban J connectivity index is 1.87. The molecule has 98 valence electrons. The molecule has 2 unspecified atom stereocenters. The van der Waals surface area contributed by atoms with Crippen molar-refractivity contribution >= 4 is 5.78 Å².